The molecule has 2 aliphatic rings. The van der Waals surface area contributed by atoms with Gasteiger partial charge < -0.3 is 15.1 Å². The van der Waals surface area contributed by atoms with Crippen LogP contribution in [-0.4, -0.2) is 69.5 Å². The normalized spacial score (nSPS) is 16.6. The number of rotatable bonds is 4. The lowest BCUT2D eigenvalue weighted by Crippen LogP contribution is -2.53. The van der Waals surface area contributed by atoms with Gasteiger partial charge in [0.1, 0.15) is 0 Å². The molecule has 8 nitrogen and oxygen atoms in total. The molecule has 1 aliphatic carbocycles. The summed E-state index contributed by atoms with van der Waals surface area (Å²) >= 11 is 0. The molecular weight excluding hydrogens is 394 g/mol. The van der Waals surface area contributed by atoms with E-state index in [1.807, 2.05) is 48.9 Å². The van der Waals surface area contributed by atoms with Crippen LogP contribution in [0.1, 0.15) is 29.8 Å². The van der Waals surface area contributed by atoms with Crippen molar-refractivity contribution in [2.75, 3.05) is 26.2 Å². The van der Waals surface area contributed by atoms with Crippen LogP contribution >= 0.6 is 0 Å². The van der Waals surface area contributed by atoms with Crippen molar-refractivity contribution in [2.24, 2.45) is 0 Å². The van der Waals surface area contributed by atoms with Crippen LogP contribution in [-0.2, 0) is 14.4 Å². The lowest BCUT2D eigenvalue weighted by molar-refractivity contribution is -0.148. The van der Waals surface area contributed by atoms with Gasteiger partial charge in [-0.25, -0.2) is 4.68 Å². The first-order chi connectivity index (χ1) is 14.9. The minimum absolute atomic E-state index is 0.110. The van der Waals surface area contributed by atoms with Crippen LogP contribution in [0.4, 0.5) is 0 Å². The molecule has 1 saturated carbocycles. The van der Waals surface area contributed by atoms with E-state index in [2.05, 4.69) is 10.4 Å². The van der Waals surface area contributed by atoms with Gasteiger partial charge in [-0.2, -0.15) is 5.10 Å². The number of carbonyl (C=O) groups excluding carboxylic acids is 3. The quantitative estimate of drug-likeness (QED) is 0.598. The Morgan fingerprint density at radius 1 is 1.00 bits per heavy atom. The number of nitrogens with zero attached hydrogens (tertiary/aromatic N) is 4. The van der Waals surface area contributed by atoms with Gasteiger partial charge >= 0.3 is 11.8 Å². The van der Waals surface area contributed by atoms with E-state index in [9.17, 15) is 14.4 Å². The second-order valence-corrected chi connectivity index (χ2v) is 8.03. The van der Waals surface area contributed by atoms with Gasteiger partial charge in [0.25, 0.3) is 0 Å². The van der Waals surface area contributed by atoms with E-state index in [-0.39, 0.29) is 11.9 Å². The number of carbonyl (C=O) groups is 3. The van der Waals surface area contributed by atoms with Gasteiger partial charge in [0.2, 0.25) is 5.91 Å². The Kier molecular flexibility index (Phi) is 5.88. The molecule has 3 amide bonds. The summed E-state index contributed by atoms with van der Waals surface area (Å²) in [7, 11) is 0. The summed E-state index contributed by atoms with van der Waals surface area (Å²) in [5.41, 5.74) is 3.70. The molecule has 0 atom stereocenters. The Hall–Kier alpha value is -3.42. The zero-order chi connectivity index (χ0) is 22.0. The highest BCUT2D eigenvalue weighted by Crippen LogP contribution is 2.20. The third kappa shape index (κ3) is 4.68. The highest BCUT2D eigenvalue weighted by atomic mass is 16.2. The Labute approximate surface area is 181 Å². The van der Waals surface area contributed by atoms with E-state index in [4.69, 9.17) is 0 Å². The van der Waals surface area contributed by atoms with Gasteiger partial charge in [-0.1, -0.05) is 18.2 Å². The minimum atomic E-state index is -0.538. The number of benzene rings is 1. The van der Waals surface area contributed by atoms with Crippen molar-refractivity contribution in [3.63, 3.8) is 0 Å². The molecule has 1 saturated heterocycles. The molecule has 1 N–H and O–H groups in total. The van der Waals surface area contributed by atoms with Gasteiger partial charge in [0.15, 0.2) is 0 Å². The second kappa shape index (κ2) is 8.75. The summed E-state index contributed by atoms with van der Waals surface area (Å²) in [5, 5.41) is 7.32. The number of aromatic nitrogens is 2. The Morgan fingerprint density at radius 3 is 2.29 bits per heavy atom. The maximum atomic E-state index is 12.7. The van der Waals surface area contributed by atoms with Crippen LogP contribution in [0.25, 0.3) is 11.8 Å². The summed E-state index contributed by atoms with van der Waals surface area (Å²) in [6.07, 6.45) is 5.25. The first kappa shape index (κ1) is 20.8. The van der Waals surface area contributed by atoms with Crippen molar-refractivity contribution in [1.82, 2.24) is 24.9 Å². The fraction of sp³-hybridized carbons (Fsp3) is 0.391. The van der Waals surface area contributed by atoms with Crippen LogP contribution < -0.4 is 5.32 Å². The van der Waals surface area contributed by atoms with Crippen LogP contribution in [0, 0.1) is 13.8 Å². The average molecular weight is 422 g/mol. The van der Waals surface area contributed by atoms with Gasteiger partial charge in [-0.05, 0) is 44.9 Å². The van der Waals surface area contributed by atoms with Crippen LogP contribution in [0.5, 0.6) is 0 Å². The molecule has 0 spiro atoms. The molecule has 0 radical (unpaired) electrons. The van der Waals surface area contributed by atoms with Gasteiger partial charge in [-0.15, -0.1) is 0 Å². The molecule has 2 heterocycles. The minimum Gasteiger partial charge on any atom is -0.345 e. The Morgan fingerprint density at radius 2 is 1.65 bits per heavy atom. The predicted octanol–water partition coefficient (Wildman–Crippen LogP) is 1.45. The summed E-state index contributed by atoms with van der Waals surface area (Å²) in [4.78, 5) is 40.0. The Balaban J connectivity index is 1.35. The van der Waals surface area contributed by atoms with Gasteiger partial charge in [0, 0.05) is 49.6 Å². The van der Waals surface area contributed by atoms with Crippen LogP contribution in [0.2, 0.25) is 0 Å². The maximum Gasteiger partial charge on any atom is 0.312 e. The molecule has 0 unspecified atom stereocenters. The van der Waals surface area contributed by atoms with Crippen molar-refractivity contribution < 1.29 is 14.4 Å². The zero-order valence-electron chi connectivity index (χ0n) is 17.9. The summed E-state index contributed by atoms with van der Waals surface area (Å²) in [5.74, 6) is -1.15. The molecule has 2 aromatic rings. The van der Waals surface area contributed by atoms with Gasteiger partial charge in [-0.3, -0.25) is 14.4 Å². The van der Waals surface area contributed by atoms with E-state index in [1.165, 1.54) is 4.90 Å². The van der Waals surface area contributed by atoms with E-state index in [1.54, 1.807) is 17.1 Å². The number of aryl methyl sites for hydroxylation is 1. The van der Waals surface area contributed by atoms with E-state index in [0.29, 0.717) is 26.2 Å². The van der Waals surface area contributed by atoms with E-state index >= 15 is 0 Å². The number of amides is 3. The molecule has 8 heteroatoms. The van der Waals surface area contributed by atoms with Gasteiger partial charge in [0.05, 0.1) is 11.4 Å². The fourth-order valence-electron chi connectivity index (χ4n) is 3.72. The molecule has 1 aromatic carbocycles. The molecule has 4 rings (SSSR count). The van der Waals surface area contributed by atoms with Crippen molar-refractivity contribution in [2.45, 2.75) is 32.7 Å². The molecule has 0 bridgehead atoms. The van der Waals surface area contributed by atoms with E-state index in [0.717, 1.165) is 35.5 Å². The number of hydrogen-bond donors (Lipinski definition) is 1. The lowest BCUT2D eigenvalue weighted by atomic mass is 10.1. The zero-order valence-corrected chi connectivity index (χ0v) is 17.9. The fourth-order valence-corrected chi connectivity index (χ4v) is 3.72. The summed E-state index contributed by atoms with van der Waals surface area (Å²) in [6.45, 7) is 5.45. The van der Waals surface area contributed by atoms with Crippen molar-refractivity contribution in [1.29, 1.82) is 0 Å². The molecule has 31 heavy (non-hydrogen) atoms. The monoisotopic (exact) mass is 421 g/mol. The standard InChI is InChI=1S/C23H27N5O3/c1-16-20(17(2)28(25-16)19-6-4-3-5-7-19)10-11-21(29)26-12-14-27(15-13-26)23(31)22(30)24-18-8-9-18/h3-7,10-11,18H,8-9,12-15H2,1-2H3,(H,24,30)/b11-10+. The van der Waals surface area contributed by atoms with Crippen molar-refractivity contribution >= 4 is 23.8 Å². The first-order valence-corrected chi connectivity index (χ1v) is 10.6. The summed E-state index contributed by atoms with van der Waals surface area (Å²) in [6, 6.07) is 10.0. The average Bonchev–Trinajstić information content (AvgIpc) is 3.56. The van der Waals surface area contributed by atoms with Crippen molar-refractivity contribution in [3.05, 3.63) is 53.4 Å². The lowest BCUT2D eigenvalue weighted by Gasteiger charge is -2.33. The van der Waals surface area contributed by atoms with E-state index < -0.39 is 11.8 Å². The molecule has 1 aliphatic heterocycles. The largest absolute Gasteiger partial charge is 0.345 e. The smallest absolute Gasteiger partial charge is 0.312 e. The van der Waals surface area contributed by atoms with Crippen LogP contribution in [0.15, 0.2) is 36.4 Å². The van der Waals surface area contributed by atoms with Crippen LogP contribution in [0.3, 0.4) is 0 Å². The Bertz CT molecular complexity index is 1020. The third-order valence-electron chi connectivity index (χ3n) is 5.73. The number of para-hydroxylation sites is 1. The number of nitrogens with one attached hydrogen (secondary N) is 1. The SMILES string of the molecule is Cc1nn(-c2ccccc2)c(C)c1/C=C/C(=O)N1CCN(C(=O)C(=O)NC2CC2)CC1. The summed E-state index contributed by atoms with van der Waals surface area (Å²) < 4.78 is 1.87. The topological polar surface area (TPSA) is 87.5 Å². The maximum absolute atomic E-state index is 12.7. The number of hydrogen-bond acceptors (Lipinski definition) is 4. The molecule has 1 aromatic heterocycles. The predicted molar refractivity (Wildman–Crippen MR) is 116 cm³/mol. The second-order valence-electron chi connectivity index (χ2n) is 8.03. The van der Waals surface area contributed by atoms with Crippen molar-refractivity contribution in [3.8, 4) is 5.69 Å². The molecule has 2 fully saturated rings. The first-order valence-electron chi connectivity index (χ1n) is 10.6. The highest BCUT2D eigenvalue weighted by molar-refractivity contribution is 6.35. The molecular formula is C23H27N5O3. The molecule has 162 valence electrons. The third-order valence-corrected chi connectivity index (χ3v) is 5.73. The number of piperazine rings is 1. The highest BCUT2D eigenvalue weighted by Gasteiger charge is 2.31.